The highest BCUT2D eigenvalue weighted by atomic mass is 16.5. The predicted molar refractivity (Wildman–Crippen MR) is 128 cm³/mol. The fraction of sp³-hybridized carbons (Fsp3) is 0.241. The monoisotopic (exact) mass is 405 g/mol. The molecule has 0 amide bonds. The summed E-state index contributed by atoms with van der Waals surface area (Å²) in [5.74, 6) is 7.44. The van der Waals surface area contributed by atoms with Gasteiger partial charge in [-0.25, -0.2) is 0 Å². The van der Waals surface area contributed by atoms with E-state index in [2.05, 4.69) is 92.3 Å². The third-order valence-corrected chi connectivity index (χ3v) is 6.79. The molecule has 3 aromatic carbocycles. The van der Waals surface area contributed by atoms with Gasteiger partial charge in [0.2, 0.25) is 5.72 Å². The molecule has 0 unspecified atom stereocenters. The van der Waals surface area contributed by atoms with E-state index >= 15 is 0 Å². The number of fused-ring (bicyclic) bond motifs is 2. The third kappa shape index (κ3) is 2.96. The van der Waals surface area contributed by atoms with Crippen molar-refractivity contribution in [2.24, 2.45) is 0 Å². The van der Waals surface area contributed by atoms with Gasteiger partial charge in [0.15, 0.2) is 0 Å². The molecule has 2 heterocycles. The lowest BCUT2D eigenvalue weighted by molar-refractivity contribution is 0.0438. The van der Waals surface area contributed by atoms with E-state index in [-0.39, 0.29) is 5.41 Å². The number of hydrogen-bond acceptors (Lipinski definition) is 2. The number of nitrogens with zero attached hydrogens (tertiary/aromatic N) is 1. The molecule has 1 spiro atoms. The summed E-state index contributed by atoms with van der Waals surface area (Å²) in [7, 11) is 2.15. The highest BCUT2D eigenvalue weighted by Crippen LogP contribution is 2.56. The Hall–Kier alpha value is -3.44. The Morgan fingerprint density at radius 2 is 1.65 bits per heavy atom. The van der Waals surface area contributed by atoms with Gasteiger partial charge in [0.25, 0.3) is 0 Å². The minimum atomic E-state index is -0.531. The second-order valence-corrected chi connectivity index (χ2v) is 8.66. The summed E-state index contributed by atoms with van der Waals surface area (Å²) in [6.45, 7) is 4.59. The second kappa shape index (κ2) is 7.36. The van der Waals surface area contributed by atoms with Gasteiger partial charge in [0.05, 0.1) is 5.41 Å². The van der Waals surface area contributed by atoms with Crippen LogP contribution in [0.3, 0.4) is 0 Å². The number of likely N-dealkylation sites (N-methyl/N-ethyl adjacent to an activating group) is 1. The Morgan fingerprint density at radius 1 is 0.903 bits per heavy atom. The first-order valence-electron chi connectivity index (χ1n) is 11.0. The van der Waals surface area contributed by atoms with Crippen LogP contribution in [0.5, 0.6) is 5.75 Å². The van der Waals surface area contributed by atoms with Crippen LogP contribution in [-0.2, 0) is 5.41 Å². The van der Waals surface area contributed by atoms with Gasteiger partial charge in [0, 0.05) is 29.4 Å². The number of para-hydroxylation sites is 1. The van der Waals surface area contributed by atoms with E-state index in [0.717, 1.165) is 35.3 Å². The molecule has 3 aromatic rings. The van der Waals surface area contributed by atoms with Gasteiger partial charge in [0.1, 0.15) is 5.75 Å². The van der Waals surface area contributed by atoms with Gasteiger partial charge in [-0.3, -0.25) is 0 Å². The first-order valence-corrected chi connectivity index (χ1v) is 11.0. The van der Waals surface area contributed by atoms with Gasteiger partial charge in [-0.2, -0.15) is 0 Å². The maximum atomic E-state index is 6.85. The lowest BCUT2D eigenvalue weighted by atomic mass is 9.71. The van der Waals surface area contributed by atoms with E-state index in [9.17, 15) is 0 Å². The normalized spacial score (nSPS) is 23.0. The predicted octanol–water partition coefficient (Wildman–Crippen LogP) is 6.40. The standard InChI is InChI=1S/C29H27NO/c1-4-19-28(2)25-12-8-9-13-26(25)30(3)29(28)20-18-24-21-23(16-17-27(24)31-29)15-14-22-10-6-5-7-11-22/h5-13,16-18,20-21H,4,19H2,1-3H3/t28-,29+/m0/s1. The van der Waals surface area contributed by atoms with E-state index in [1.54, 1.807) is 0 Å². The van der Waals surface area contributed by atoms with E-state index in [1.165, 1.54) is 11.3 Å². The molecule has 31 heavy (non-hydrogen) atoms. The number of ether oxygens (including phenoxy) is 1. The summed E-state index contributed by atoms with van der Waals surface area (Å²) in [6, 6.07) is 25.0. The average Bonchev–Trinajstić information content (AvgIpc) is 2.98. The fourth-order valence-corrected chi connectivity index (χ4v) is 5.18. The van der Waals surface area contributed by atoms with Crippen LogP contribution in [-0.4, -0.2) is 12.8 Å². The van der Waals surface area contributed by atoms with E-state index in [4.69, 9.17) is 4.74 Å². The van der Waals surface area contributed by atoms with Crippen molar-refractivity contribution in [3.8, 4) is 17.6 Å². The molecule has 0 aliphatic carbocycles. The SMILES string of the molecule is CCC[C@@]1(C)c2ccccc2N(C)[C@@]12C=Cc1cc(C#Cc3ccccc3)ccc1O2. The van der Waals surface area contributed by atoms with Gasteiger partial charge < -0.3 is 9.64 Å². The number of benzene rings is 3. The van der Waals surface area contributed by atoms with Gasteiger partial charge in [-0.05, 0) is 67.5 Å². The average molecular weight is 406 g/mol. The van der Waals surface area contributed by atoms with Crippen LogP contribution in [0.15, 0.2) is 78.9 Å². The van der Waals surface area contributed by atoms with Crippen molar-refractivity contribution >= 4 is 11.8 Å². The van der Waals surface area contributed by atoms with E-state index < -0.39 is 5.72 Å². The van der Waals surface area contributed by atoms with Gasteiger partial charge >= 0.3 is 0 Å². The van der Waals surface area contributed by atoms with Crippen LogP contribution in [0.1, 0.15) is 48.9 Å². The zero-order valence-corrected chi connectivity index (χ0v) is 18.4. The maximum absolute atomic E-state index is 6.85. The minimum absolute atomic E-state index is 0.132. The van der Waals surface area contributed by atoms with Crippen molar-refractivity contribution in [3.05, 3.63) is 101 Å². The summed E-state index contributed by atoms with van der Waals surface area (Å²) in [5, 5.41) is 0. The third-order valence-electron chi connectivity index (χ3n) is 6.79. The molecular weight excluding hydrogens is 378 g/mol. The zero-order chi connectivity index (χ0) is 21.5. The van der Waals surface area contributed by atoms with Crippen LogP contribution < -0.4 is 9.64 Å². The molecule has 0 aromatic heterocycles. The number of rotatable bonds is 2. The number of hydrogen-bond donors (Lipinski definition) is 0. The molecule has 0 saturated carbocycles. The van der Waals surface area contributed by atoms with Crippen molar-refractivity contribution in [1.82, 2.24) is 0 Å². The molecule has 0 N–H and O–H groups in total. The summed E-state index contributed by atoms with van der Waals surface area (Å²) in [4.78, 5) is 2.31. The topological polar surface area (TPSA) is 12.5 Å². The van der Waals surface area contributed by atoms with Gasteiger partial charge in [-0.1, -0.05) is 61.6 Å². The molecule has 2 heteroatoms. The molecule has 2 aliphatic heterocycles. The van der Waals surface area contributed by atoms with Crippen LogP contribution >= 0.6 is 0 Å². The van der Waals surface area contributed by atoms with E-state index in [1.807, 2.05) is 30.3 Å². The molecule has 2 nitrogen and oxygen atoms in total. The zero-order valence-electron chi connectivity index (χ0n) is 18.4. The van der Waals surface area contributed by atoms with Crippen molar-refractivity contribution in [2.75, 3.05) is 11.9 Å². The quantitative estimate of drug-likeness (QED) is 0.458. The first kappa shape index (κ1) is 19.5. The molecule has 0 bridgehead atoms. The van der Waals surface area contributed by atoms with Crippen LogP contribution in [0.2, 0.25) is 0 Å². The highest BCUT2D eigenvalue weighted by molar-refractivity contribution is 5.72. The molecule has 2 atom stereocenters. The van der Waals surface area contributed by atoms with Crippen LogP contribution in [0.4, 0.5) is 5.69 Å². The van der Waals surface area contributed by atoms with Gasteiger partial charge in [-0.15, -0.1) is 0 Å². The summed E-state index contributed by atoms with van der Waals surface area (Å²) < 4.78 is 6.85. The molecule has 2 aliphatic rings. The lowest BCUT2D eigenvalue weighted by Gasteiger charge is -2.47. The van der Waals surface area contributed by atoms with E-state index in [0.29, 0.717) is 0 Å². The smallest absolute Gasteiger partial charge is 0.212 e. The Bertz CT molecular complexity index is 1220. The van der Waals surface area contributed by atoms with Crippen molar-refractivity contribution in [1.29, 1.82) is 0 Å². The second-order valence-electron chi connectivity index (χ2n) is 8.66. The maximum Gasteiger partial charge on any atom is 0.212 e. The Labute approximate surface area is 185 Å². The highest BCUT2D eigenvalue weighted by Gasteiger charge is 2.59. The minimum Gasteiger partial charge on any atom is -0.463 e. The van der Waals surface area contributed by atoms with Crippen LogP contribution in [0, 0.1) is 11.8 Å². The van der Waals surface area contributed by atoms with Crippen molar-refractivity contribution in [2.45, 2.75) is 37.8 Å². The molecule has 5 rings (SSSR count). The molecule has 0 fully saturated rings. The summed E-state index contributed by atoms with van der Waals surface area (Å²) in [6.07, 6.45) is 6.61. The first-order chi connectivity index (χ1) is 15.1. The molecule has 0 radical (unpaired) electrons. The Kier molecular flexibility index (Phi) is 4.63. The lowest BCUT2D eigenvalue weighted by Crippen LogP contribution is -2.59. The van der Waals surface area contributed by atoms with Crippen LogP contribution in [0.25, 0.3) is 6.08 Å². The Morgan fingerprint density at radius 3 is 2.45 bits per heavy atom. The molecule has 0 saturated heterocycles. The fourth-order valence-electron chi connectivity index (χ4n) is 5.18. The molecular formula is C29H27NO. The summed E-state index contributed by atoms with van der Waals surface area (Å²) >= 11 is 0. The number of anilines is 1. The molecule has 154 valence electrons. The van der Waals surface area contributed by atoms with Crippen molar-refractivity contribution in [3.63, 3.8) is 0 Å². The van der Waals surface area contributed by atoms with Crippen molar-refractivity contribution < 1.29 is 4.74 Å². The summed E-state index contributed by atoms with van der Waals surface area (Å²) in [5.41, 5.74) is 5.03. The Balaban J connectivity index is 1.53. The largest absolute Gasteiger partial charge is 0.463 e.